The molecule has 4 nitrogen and oxygen atoms in total. The molecule has 3 N–H and O–H groups in total. The average Bonchev–Trinajstić information content (AvgIpc) is 2.68. The van der Waals surface area contributed by atoms with E-state index in [1.807, 2.05) is 18.2 Å². The maximum absolute atomic E-state index is 11.8. The number of nitrogens with two attached hydrogens (primary N) is 1. The normalized spacial score (nSPS) is 10.3. The lowest BCUT2D eigenvalue weighted by atomic mass is 10.3. The average molecular weight is 391 g/mol. The van der Waals surface area contributed by atoms with Crippen molar-refractivity contribution in [3.8, 4) is 0 Å². The summed E-state index contributed by atoms with van der Waals surface area (Å²) in [6.45, 7) is 0. The number of nitrogens with zero attached hydrogens (tertiary/aromatic N) is 1. The van der Waals surface area contributed by atoms with Gasteiger partial charge in [-0.3, -0.25) is 4.79 Å². The van der Waals surface area contributed by atoms with Crippen LogP contribution in [0.4, 0.5) is 10.8 Å². The molecule has 0 saturated heterocycles. The molecule has 7 heteroatoms. The van der Waals surface area contributed by atoms with E-state index in [0.717, 1.165) is 14.6 Å². The van der Waals surface area contributed by atoms with Crippen LogP contribution < -0.4 is 11.1 Å². The van der Waals surface area contributed by atoms with Gasteiger partial charge in [0.2, 0.25) is 5.91 Å². The summed E-state index contributed by atoms with van der Waals surface area (Å²) in [4.78, 5) is 15.9. The molecule has 0 unspecified atom stereocenters. The third kappa shape index (κ3) is 3.54. The van der Waals surface area contributed by atoms with Crippen LogP contribution >= 0.6 is 43.2 Å². The van der Waals surface area contributed by atoms with E-state index >= 15 is 0 Å². The molecule has 94 valence electrons. The lowest BCUT2D eigenvalue weighted by Crippen LogP contribution is -2.14. The molecular weight excluding hydrogens is 382 g/mol. The first-order valence-electron chi connectivity index (χ1n) is 4.99. The van der Waals surface area contributed by atoms with E-state index in [1.54, 1.807) is 5.38 Å². The highest BCUT2D eigenvalue weighted by atomic mass is 79.9. The molecule has 0 aliphatic heterocycles. The van der Waals surface area contributed by atoms with Crippen LogP contribution in [0.2, 0.25) is 0 Å². The van der Waals surface area contributed by atoms with Gasteiger partial charge < -0.3 is 11.1 Å². The Bertz CT molecular complexity index is 585. The summed E-state index contributed by atoms with van der Waals surface area (Å²) in [6, 6.07) is 5.55. The summed E-state index contributed by atoms with van der Waals surface area (Å²) in [7, 11) is 0. The van der Waals surface area contributed by atoms with E-state index in [2.05, 4.69) is 42.2 Å². The number of thiazole rings is 1. The van der Waals surface area contributed by atoms with Crippen LogP contribution in [0.3, 0.4) is 0 Å². The van der Waals surface area contributed by atoms with Gasteiger partial charge in [-0.2, -0.15) is 0 Å². The molecule has 2 rings (SSSR count). The van der Waals surface area contributed by atoms with Crippen molar-refractivity contribution >= 4 is 59.9 Å². The zero-order valence-electron chi connectivity index (χ0n) is 9.11. The quantitative estimate of drug-likeness (QED) is 0.843. The van der Waals surface area contributed by atoms with Gasteiger partial charge in [-0.1, -0.05) is 15.9 Å². The van der Waals surface area contributed by atoms with Crippen molar-refractivity contribution in [1.29, 1.82) is 0 Å². The number of hydrogen-bond donors (Lipinski definition) is 2. The summed E-state index contributed by atoms with van der Waals surface area (Å²) in [5.74, 6) is -0.122. The first-order chi connectivity index (χ1) is 8.54. The molecule has 0 saturated carbocycles. The lowest BCUT2D eigenvalue weighted by Gasteiger charge is -2.06. The Morgan fingerprint density at radius 3 is 2.83 bits per heavy atom. The van der Waals surface area contributed by atoms with Crippen molar-refractivity contribution in [2.45, 2.75) is 6.42 Å². The van der Waals surface area contributed by atoms with E-state index in [0.29, 0.717) is 10.8 Å². The molecule has 0 spiro atoms. The molecule has 0 aliphatic carbocycles. The maximum atomic E-state index is 11.8. The van der Waals surface area contributed by atoms with Gasteiger partial charge in [0.05, 0.1) is 17.8 Å². The number of aromatic nitrogens is 1. The van der Waals surface area contributed by atoms with Gasteiger partial charge in [0, 0.05) is 14.3 Å². The number of anilines is 2. The second-order valence-electron chi connectivity index (χ2n) is 3.53. The summed E-state index contributed by atoms with van der Waals surface area (Å²) in [6.07, 6.45) is 0.218. The maximum Gasteiger partial charge on any atom is 0.230 e. The largest absolute Gasteiger partial charge is 0.375 e. The molecule has 1 aromatic heterocycles. The number of carbonyl (C=O) groups is 1. The van der Waals surface area contributed by atoms with Crippen LogP contribution in [0.1, 0.15) is 5.69 Å². The predicted octanol–water partition coefficient (Wildman–Crippen LogP) is 3.43. The Balaban J connectivity index is 2.03. The van der Waals surface area contributed by atoms with Crippen LogP contribution in [-0.2, 0) is 11.2 Å². The molecule has 1 aromatic carbocycles. The number of rotatable bonds is 3. The second-order valence-corrected chi connectivity index (χ2v) is 6.19. The molecule has 0 aliphatic rings. The van der Waals surface area contributed by atoms with E-state index in [1.165, 1.54) is 11.3 Å². The third-order valence-electron chi connectivity index (χ3n) is 2.12. The van der Waals surface area contributed by atoms with Crippen LogP contribution in [0.5, 0.6) is 0 Å². The number of carbonyl (C=O) groups excluding carboxylic acids is 1. The summed E-state index contributed by atoms with van der Waals surface area (Å²) < 4.78 is 1.77. The molecular formula is C11H9Br2N3OS. The van der Waals surface area contributed by atoms with E-state index < -0.39 is 0 Å². The minimum absolute atomic E-state index is 0.122. The molecule has 0 radical (unpaired) electrons. The standard InChI is InChI=1S/C11H9Br2N3OS/c12-6-1-2-9(8(13)3-6)16-10(17)4-7-5-18-11(14)15-7/h1-3,5H,4H2,(H2,14,15)(H,16,17). The smallest absolute Gasteiger partial charge is 0.230 e. The molecule has 18 heavy (non-hydrogen) atoms. The number of nitrogens with one attached hydrogen (secondary N) is 1. The first-order valence-corrected chi connectivity index (χ1v) is 7.46. The molecule has 0 bridgehead atoms. The molecule has 1 amide bonds. The van der Waals surface area contributed by atoms with Crippen molar-refractivity contribution < 1.29 is 4.79 Å². The van der Waals surface area contributed by atoms with E-state index in [9.17, 15) is 4.79 Å². The molecule has 0 fully saturated rings. The summed E-state index contributed by atoms with van der Waals surface area (Å²) in [5, 5.41) is 5.07. The molecule has 1 heterocycles. The van der Waals surface area contributed by atoms with E-state index in [-0.39, 0.29) is 12.3 Å². The SMILES string of the molecule is Nc1nc(CC(=O)Nc2ccc(Br)cc2Br)cs1. The van der Waals surface area contributed by atoms with Crippen molar-refractivity contribution in [1.82, 2.24) is 4.98 Å². The van der Waals surface area contributed by atoms with Crippen LogP contribution in [0.25, 0.3) is 0 Å². The predicted molar refractivity (Wildman–Crippen MR) is 80.7 cm³/mol. The second kappa shape index (κ2) is 5.81. The molecule has 0 atom stereocenters. The Morgan fingerprint density at radius 2 is 2.22 bits per heavy atom. The van der Waals surface area contributed by atoms with Crippen molar-refractivity contribution in [3.63, 3.8) is 0 Å². The Labute approximate surface area is 125 Å². The van der Waals surface area contributed by atoms with Gasteiger partial charge in [-0.15, -0.1) is 11.3 Å². The van der Waals surface area contributed by atoms with E-state index in [4.69, 9.17) is 5.73 Å². The third-order valence-corrected chi connectivity index (χ3v) is 3.99. The Morgan fingerprint density at radius 1 is 1.44 bits per heavy atom. The highest BCUT2D eigenvalue weighted by molar-refractivity contribution is 9.11. The fourth-order valence-corrected chi connectivity index (χ4v) is 3.06. The van der Waals surface area contributed by atoms with Crippen molar-refractivity contribution in [2.24, 2.45) is 0 Å². The van der Waals surface area contributed by atoms with Gasteiger partial charge in [0.25, 0.3) is 0 Å². The topological polar surface area (TPSA) is 68.0 Å². The number of amides is 1. The van der Waals surface area contributed by atoms with Crippen LogP contribution in [0, 0.1) is 0 Å². The Kier molecular flexibility index (Phi) is 4.36. The number of benzene rings is 1. The highest BCUT2D eigenvalue weighted by Gasteiger charge is 2.09. The Hall–Kier alpha value is -0.920. The highest BCUT2D eigenvalue weighted by Crippen LogP contribution is 2.26. The van der Waals surface area contributed by atoms with Crippen LogP contribution in [-0.4, -0.2) is 10.9 Å². The summed E-state index contributed by atoms with van der Waals surface area (Å²) in [5.41, 5.74) is 6.92. The summed E-state index contributed by atoms with van der Waals surface area (Å²) >= 11 is 8.07. The monoisotopic (exact) mass is 389 g/mol. The zero-order chi connectivity index (χ0) is 13.1. The number of halogens is 2. The minimum atomic E-state index is -0.122. The van der Waals surface area contributed by atoms with Gasteiger partial charge in [0.15, 0.2) is 5.13 Å². The first kappa shape index (κ1) is 13.5. The zero-order valence-corrected chi connectivity index (χ0v) is 13.1. The van der Waals surface area contributed by atoms with Gasteiger partial charge in [0.1, 0.15) is 0 Å². The number of nitrogen functional groups attached to an aromatic ring is 1. The fourth-order valence-electron chi connectivity index (χ4n) is 1.35. The molecule has 2 aromatic rings. The van der Waals surface area contributed by atoms with Crippen LogP contribution in [0.15, 0.2) is 32.5 Å². The number of hydrogen-bond acceptors (Lipinski definition) is 4. The fraction of sp³-hybridized carbons (Fsp3) is 0.0909. The van der Waals surface area contributed by atoms with Crippen molar-refractivity contribution in [2.75, 3.05) is 11.1 Å². The van der Waals surface area contributed by atoms with Gasteiger partial charge >= 0.3 is 0 Å². The van der Waals surface area contributed by atoms with Gasteiger partial charge in [-0.25, -0.2) is 4.98 Å². The van der Waals surface area contributed by atoms with Crippen molar-refractivity contribution in [3.05, 3.63) is 38.2 Å². The lowest BCUT2D eigenvalue weighted by molar-refractivity contribution is -0.115. The minimum Gasteiger partial charge on any atom is -0.375 e. The van der Waals surface area contributed by atoms with Gasteiger partial charge in [-0.05, 0) is 34.1 Å².